The van der Waals surface area contributed by atoms with Crippen LogP contribution in [0.15, 0.2) is 36.5 Å². The van der Waals surface area contributed by atoms with Crippen molar-refractivity contribution in [2.75, 3.05) is 13.1 Å². The van der Waals surface area contributed by atoms with Gasteiger partial charge in [-0.15, -0.1) is 0 Å². The number of rotatable bonds is 5. The minimum Gasteiger partial charge on any atom is -0.343 e. The lowest BCUT2D eigenvalue weighted by Gasteiger charge is -2.19. The van der Waals surface area contributed by atoms with Crippen LogP contribution in [0.25, 0.3) is 16.9 Å². The lowest BCUT2D eigenvalue weighted by molar-refractivity contribution is -0.130. The van der Waals surface area contributed by atoms with E-state index in [-0.39, 0.29) is 18.1 Å². The van der Waals surface area contributed by atoms with Gasteiger partial charge < -0.3 is 9.30 Å². The van der Waals surface area contributed by atoms with Gasteiger partial charge in [0, 0.05) is 24.8 Å². The zero-order chi connectivity index (χ0) is 18.8. The Labute approximate surface area is 153 Å². The molecule has 4 nitrogen and oxygen atoms in total. The first-order valence-electron chi connectivity index (χ1n) is 8.96. The molecule has 0 fully saturated rings. The van der Waals surface area contributed by atoms with E-state index in [4.69, 9.17) is 4.98 Å². The van der Waals surface area contributed by atoms with E-state index in [0.29, 0.717) is 18.7 Å². The van der Waals surface area contributed by atoms with E-state index in [0.717, 1.165) is 28.2 Å². The zero-order valence-electron chi connectivity index (χ0n) is 15.7. The number of aromatic nitrogens is 2. The molecule has 5 heteroatoms. The maximum absolute atomic E-state index is 13.7. The van der Waals surface area contributed by atoms with Crippen LogP contribution in [0.3, 0.4) is 0 Å². The highest BCUT2D eigenvalue weighted by Crippen LogP contribution is 2.27. The van der Waals surface area contributed by atoms with Crippen LogP contribution in [-0.4, -0.2) is 33.3 Å². The molecule has 1 aromatic carbocycles. The summed E-state index contributed by atoms with van der Waals surface area (Å²) in [5, 5.41) is 0. The highest BCUT2D eigenvalue weighted by molar-refractivity contribution is 5.81. The van der Waals surface area contributed by atoms with E-state index >= 15 is 0 Å². The molecule has 0 saturated heterocycles. The molecule has 0 atom stereocenters. The van der Waals surface area contributed by atoms with Crippen molar-refractivity contribution in [2.45, 2.75) is 34.1 Å². The van der Waals surface area contributed by atoms with Gasteiger partial charge in [0.2, 0.25) is 5.91 Å². The summed E-state index contributed by atoms with van der Waals surface area (Å²) >= 11 is 0. The Morgan fingerprint density at radius 2 is 1.88 bits per heavy atom. The van der Waals surface area contributed by atoms with Crippen molar-refractivity contribution < 1.29 is 9.18 Å². The van der Waals surface area contributed by atoms with Crippen molar-refractivity contribution in [2.24, 2.45) is 0 Å². The molecule has 3 rings (SSSR count). The number of nitrogens with zero attached hydrogens (tertiary/aromatic N) is 3. The Morgan fingerprint density at radius 1 is 1.15 bits per heavy atom. The second kappa shape index (κ2) is 7.28. The number of carbonyl (C=O) groups is 1. The van der Waals surface area contributed by atoms with Gasteiger partial charge in [0.15, 0.2) is 0 Å². The molecular weight excluding hydrogens is 329 g/mol. The van der Waals surface area contributed by atoms with Gasteiger partial charge in [0.25, 0.3) is 0 Å². The number of likely N-dealkylation sites (N-methyl/N-ethyl adjacent to an activating group) is 1. The van der Waals surface area contributed by atoms with Crippen molar-refractivity contribution in [1.82, 2.24) is 14.3 Å². The third-order valence-electron chi connectivity index (χ3n) is 4.73. The number of halogens is 1. The molecule has 0 aliphatic carbocycles. The van der Waals surface area contributed by atoms with Crippen LogP contribution in [0.2, 0.25) is 0 Å². The van der Waals surface area contributed by atoms with Gasteiger partial charge in [-0.2, -0.15) is 0 Å². The average molecular weight is 353 g/mol. The number of amides is 1. The number of hydrogen-bond donors (Lipinski definition) is 0. The summed E-state index contributed by atoms with van der Waals surface area (Å²) in [6, 6.07) is 8.91. The fourth-order valence-electron chi connectivity index (χ4n) is 3.22. The van der Waals surface area contributed by atoms with Crippen LogP contribution in [-0.2, 0) is 11.2 Å². The molecule has 1 amide bonds. The Balaban J connectivity index is 2.15. The second-order valence-corrected chi connectivity index (χ2v) is 6.55. The molecular formula is C21H24FN3O. The third-order valence-corrected chi connectivity index (χ3v) is 4.73. The van der Waals surface area contributed by atoms with Crippen LogP contribution in [0.5, 0.6) is 0 Å². The van der Waals surface area contributed by atoms with Crippen molar-refractivity contribution in [3.05, 3.63) is 59.2 Å². The summed E-state index contributed by atoms with van der Waals surface area (Å²) in [5.74, 6) is -0.174. The fourth-order valence-corrected chi connectivity index (χ4v) is 3.22. The van der Waals surface area contributed by atoms with Crippen molar-refractivity contribution >= 4 is 11.6 Å². The minimum atomic E-state index is -0.242. The number of carbonyl (C=O) groups excluding carboxylic acids is 1. The normalized spacial score (nSPS) is 11.1. The van der Waals surface area contributed by atoms with E-state index in [2.05, 4.69) is 0 Å². The largest absolute Gasteiger partial charge is 0.343 e. The van der Waals surface area contributed by atoms with Gasteiger partial charge in [-0.1, -0.05) is 6.07 Å². The molecule has 136 valence electrons. The van der Waals surface area contributed by atoms with E-state index in [1.54, 1.807) is 19.1 Å². The lowest BCUT2D eigenvalue weighted by Crippen LogP contribution is -2.32. The highest BCUT2D eigenvalue weighted by atomic mass is 19.1. The molecule has 2 aromatic heterocycles. The smallest absolute Gasteiger partial charge is 0.228 e. The van der Waals surface area contributed by atoms with E-state index in [1.165, 1.54) is 6.07 Å². The molecule has 0 saturated carbocycles. The summed E-state index contributed by atoms with van der Waals surface area (Å²) in [4.78, 5) is 19.3. The predicted octanol–water partition coefficient (Wildman–Crippen LogP) is 4.17. The Bertz CT molecular complexity index is 957. The van der Waals surface area contributed by atoms with Gasteiger partial charge in [0.1, 0.15) is 11.5 Å². The molecule has 2 heterocycles. The van der Waals surface area contributed by atoms with Crippen LogP contribution in [0, 0.1) is 19.7 Å². The van der Waals surface area contributed by atoms with Crippen LogP contribution in [0.4, 0.5) is 4.39 Å². The summed E-state index contributed by atoms with van der Waals surface area (Å²) in [6.45, 7) is 9.05. The minimum absolute atomic E-state index is 0.0680. The third kappa shape index (κ3) is 3.34. The van der Waals surface area contributed by atoms with E-state index < -0.39 is 0 Å². The molecule has 0 N–H and O–H groups in total. The standard InChI is InChI=1S/C21H24FN3O/c1-5-24(6-2)20(26)12-18-21(16-8-9-17(22)15(4)11-16)23-19-10-7-14(3)13-25(18)19/h7-11,13H,5-6,12H2,1-4H3. The topological polar surface area (TPSA) is 37.6 Å². The molecule has 0 aliphatic rings. The maximum atomic E-state index is 13.7. The van der Waals surface area contributed by atoms with Crippen molar-refractivity contribution in [1.29, 1.82) is 0 Å². The number of imidazole rings is 1. The Kier molecular flexibility index (Phi) is 5.07. The molecule has 0 spiro atoms. The highest BCUT2D eigenvalue weighted by Gasteiger charge is 2.20. The number of benzene rings is 1. The molecule has 26 heavy (non-hydrogen) atoms. The number of hydrogen-bond acceptors (Lipinski definition) is 2. The van der Waals surface area contributed by atoms with Crippen molar-refractivity contribution in [3.8, 4) is 11.3 Å². The number of aryl methyl sites for hydroxylation is 2. The fraction of sp³-hybridized carbons (Fsp3) is 0.333. The predicted molar refractivity (Wildman–Crippen MR) is 102 cm³/mol. The molecule has 0 bridgehead atoms. The van der Waals surface area contributed by atoms with Crippen LogP contribution in [0.1, 0.15) is 30.7 Å². The average Bonchev–Trinajstić information content (AvgIpc) is 2.96. The summed E-state index contributed by atoms with van der Waals surface area (Å²) < 4.78 is 15.7. The second-order valence-electron chi connectivity index (χ2n) is 6.55. The summed E-state index contributed by atoms with van der Waals surface area (Å²) in [5.41, 5.74) is 4.85. The van der Waals surface area contributed by atoms with Gasteiger partial charge in [-0.05, 0) is 63.1 Å². The molecule has 0 unspecified atom stereocenters. The summed E-state index contributed by atoms with van der Waals surface area (Å²) in [6.07, 6.45) is 2.26. The van der Waals surface area contributed by atoms with Gasteiger partial charge in [-0.3, -0.25) is 4.79 Å². The van der Waals surface area contributed by atoms with Crippen LogP contribution < -0.4 is 0 Å². The van der Waals surface area contributed by atoms with E-state index in [1.807, 2.05) is 48.4 Å². The first-order valence-corrected chi connectivity index (χ1v) is 8.96. The van der Waals surface area contributed by atoms with E-state index in [9.17, 15) is 9.18 Å². The zero-order valence-corrected chi connectivity index (χ0v) is 15.7. The van der Waals surface area contributed by atoms with Gasteiger partial charge in [-0.25, -0.2) is 9.37 Å². The first-order chi connectivity index (χ1) is 12.4. The Hall–Kier alpha value is -2.69. The SMILES string of the molecule is CCN(CC)C(=O)Cc1c(-c2ccc(F)c(C)c2)nc2ccc(C)cn12. The van der Waals surface area contributed by atoms with Crippen LogP contribution >= 0.6 is 0 Å². The monoisotopic (exact) mass is 353 g/mol. The van der Waals surface area contributed by atoms with Gasteiger partial charge in [0.05, 0.1) is 17.8 Å². The maximum Gasteiger partial charge on any atom is 0.228 e. The Morgan fingerprint density at radius 3 is 2.54 bits per heavy atom. The molecule has 0 radical (unpaired) electrons. The summed E-state index contributed by atoms with van der Waals surface area (Å²) in [7, 11) is 0. The van der Waals surface area contributed by atoms with Gasteiger partial charge >= 0.3 is 0 Å². The quantitative estimate of drug-likeness (QED) is 0.690. The lowest BCUT2D eigenvalue weighted by atomic mass is 10.1. The molecule has 0 aliphatic heterocycles. The van der Waals surface area contributed by atoms with Crippen molar-refractivity contribution in [3.63, 3.8) is 0 Å². The molecule has 3 aromatic rings. The number of pyridine rings is 1. The number of fused-ring (bicyclic) bond motifs is 1. The first kappa shape index (κ1) is 18.1.